The van der Waals surface area contributed by atoms with E-state index >= 15 is 0 Å². The van der Waals surface area contributed by atoms with Crippen molar-refractivity contribution in [1.29, 1.82) is 0 Å². The zero-order valence-corrected chi connectivity index (χ0v) is 8.32. The monoisotopic (exact) mass is 193 g/mol. The lowest BCUT2D eigenvalue weighted by Gasteiger charge is -2.02. The van der Waals surface area contributed by atoms with Crippen LogP contribution in [-0.4, -0.2) is 19.6 Å². The fraction of sp³-hybridized carbons (Fsp3) is 0.364. The van der Waals surface area contributed by atoms with Crippen LogP contribution in [0.4, 0.5) is 0 Å². The minimum absolute atomic E-state index is 0.292. The van der Waals surface area contributed by atoms with Gasteiger partial charge in [0.25, 0.3) is 0 Å². The van der Waals surface area contributed by atoms with E-state index in [-0.39, 0.29) is 5.97 Å². The molecule has 0 aliphatic rings. The smallest absolute Gasteiger partial charge is 0.337 e. The highest BCUT2D eigenvalue weighted by Gasteiger charge is 2.04. The molecular formula is C11H15NO2. The van der Waals surface area contributed by atoms with Crippen LogP contribution in [0.1, 0.15) is 22.3 Å². The van der Waals surface area contributed by atoms with Crippen molar-refractivity contribution < 1.29 is 9.53 Å². The third-order valence-electron chi connectivity index (χ3n) is 2.02. The maximum atomic E-state index is 11.2. The summed E-state index contributed by atoms with van der Waals surface area (Å²) in [7, 11) is 1.38. The van der Waals surface area contributed by atoms with Crippen LogP contribution in [-0.2, 0) is 11.2 Å². The van der Waals surface area contributed by atoms with Gasteiger partial charge in [-0.15, -0.1) is 0 Å². The number of nitrogens with two attached hydrogens (primary N) is 1. The molecule has 0 fully saturated rings. The fourth-order valence-electron chi connectivity index (χ4n) is 1.28. The van der Waals surface area contributed by atoms with Crippen molar-refractivity contribution in [2.75, 3.05) is 13.7 Å². The van der Waals surface area contributed by atoms with Crippen LogP contribution >= 0.6 is 0 Å². The average molecular weight is 193 g/mol. The number of aryl methyl sites for hydroxylation is 1. The number of hydrogen-bond donors (Lipinski definition) is 1. The minimum atomic E-state index is -0.292. The van der Waals surface area contributed by atoms with Crippen molar-refractivity contribution in [1.82, 2.24) is 0 Å². The third kappa shape index (κ3) is 2.85. The van der Waals surface area contributed by atoms with E-state index in [1.54, 1.807) is 6.07 Å². The molecule has 0 aromatic heterocycles. The van der Waals surface area contributed by atoms with Crippen molar-refractivity contribution in [3.63, 3.8) is 0 Å². The van der Waals surface area contributed by atoms with Gasteiger partial charge in [0.05, 0.1) is 12.7 Å². The molecule has 1 aromatic rings. The zero-order chi connectivity index (χ0) is 10.4. The number of ether oxygens (including phenoxy) is 1. The second-order valence-electron chi connectivity index (χ2n) is 3.08. The molecule has 14 heavy (non-hydrogen) atoms. The summed E-state index contributed by atoms with van der Waals surface area (Å²) in [6.07, 6.45) is 1.84. The van der Waals surface area contributed by atoms with Crippen molar-refractivity contribution in [2.45, 2.75) is 12.8 Å². The summed E-state index contributed by atoms with van der Waals surface area (Å²) in [4.78, 5) is 11.2. The fourth-order valence-corrected chi connectivity index (χ4v) is 1.28. The van der Waals surface area contributed by atoms with Crippen LogP contribution in [0.5, 0.6) is 0 Å². The Bertz CT molecular complexity index is 310. The molecule has 0 aliphatic carbocycles. The summed E-state index contributed by atoms with van der Waals surface area (Å²) in [6.45, 7) is 0.669. The Morgan fingerprint density at radius 2 is 2.29 bits per heavy atom. The average Bonchev–Trinajstić information content (AvgIpc) is 2.25. The van der Waals surface area contributed by atoms with Gasteiger partial charge in [0.2, 0.25) is 0 Å². The Kier molecular flexibility index (Phi) is 4.13. The first-order valence-electron chi connectivity index (χ1n) is 4.65. The van der Waals surface area contributed by atoms with Crippen molar-refractivity contribution >= 4 is 5.97 Å². The molecule has 1 rings (SSSR count). The molecular weight excluding hydrogens is 178 g/mol. The molecule has 0 atom stereocenters. The Hall–Kier alpha value is -1.35. The number of methoxy groups -OCH3 is 1. The summed E-state index contributed by atoms with van der Waals surface area (Å²) in [6, 6.07) is 7.44. The van der Waals surface area contributed by atoms with Gasteiger partial charge in [0.1, 0.15) is 0 Å². The highest BCUT2D eigenvalue weighted by Crippen LogP contribution is 2.08. The number of benzene rings is 1. The summed E-state index contributed by atoms with van der Waals surface area (Å²) in [5.74, 6) is -0.292. The molecule has 3 nitrogen and oxygen atoms in total. The number of esters is 1. The van der Waals surface area contributed by atoms with Crippen LogP contribution in [0.15, 0.2) is 24.3 Å². The lowest BCUT2D eigenvalue weighted by atomic mass is 10.1. The van der Waals surface area contributed by atoms with E-state index in [4.69, 9.17) is 5.73 Å². The van der Waals surface area contributed by atoms with E-state index in [1.165, 1.54) is 7.11 Å². The lowest BCUT2D eigenvalue weighted by molar-refractivity contribution is 0.0600. The predicted molar refractivity (Wildman–Crippen MR) is 55.2 cm³/mol. The summed E-state index contributed by atoms with van der Waals surface area (Å²) in [5, 5.41) is 0. The summed E-state index contributed by atoms with van der Waals surface area (Å²) in [5.41, 5.74) is 7.13. The van der Waals surface area contributed by atoms with Crippen molar-refractivity contribution in [3.05, 3.63) is 35.4 Å². The molecule has 0 bridgehead atoms. The summed E-state index contributed by atoms with van der Waals surface area (Å²) < 4.78 is 4.63. The van der Waals surface area contributed by atoms with Gasteiger partial charge in [-0.2, -0.15) is 0 Å². The number of hydrogen-bond acceptors (Lipinski definition) is 3. The predicted octanol–water partition coefficient (Wildman–Crippen LogP) is 1.36. The molecule has 2 N–H and O–H groups in total. The highest BCUT2D eigenvalue weighted by molar-refractivity contribution is 5.89. The normalized spacial score (nSPS) is 9.86. The largest absolute Gasteiger partial charge is 0.465 e. The lowest BCUT2D eigenvalue weighted by Crippen LogP contribution is -2.03. The minimum Gasteiger partial charge on any atom is -0.465 e. The number of carbonyl (C=O) groups is 1. The van der Waals surface area contributed by atoms with Crippen molar-refractivity contribution in [3.8, 4) is 0 Å². The van der Waals surface area contributed by atoms with E-state index in [2.05, 4.69) is 4.74 Å². The van der Waals surface area contributed by atoms with Crippen LogP contribution in [0.25, 0.3) is 0 Å². The van der Waals surface area contributed by atoms with Crippen LogP contribution < -0.4 is 5.73 Å². The molecule has 3 heteroatoms. The second kappa shape index (κ2) is 5.40. The molecule has 0 amide bonds. The maximum absolute atomic E-state index is 11.2. The molecule has 0 spiro atoms. The number of carbonyl (C=O) groups excluding carboxylic acids is 1. The van der Waals surface area contributed by atoms with E-state index in [0.29, 0.717) is 12.1 Å². The van der Waals surface area contributed by atoms with Gasteiger partial charge < -0.3 is 10.5 Å². The molecule has 0 saturated heterocycles. The maximum Gasteiger partial charge on any atom is 0.337 e. The topological polar surface area (TPSA) is 52.3 Å². The zero-order valence-electron chi connectivity index (χ0n) is 8.32. The first-order valence-corrected chi connectivity index (χ1v) is 4.65. The Balaban J connectivity index is 2.73. The molecule has 1 aromatic carbocycles. The Morgan fingerprint density at radius 3 is 2.93 bits per heavy atom. The van der Waals surface area contributed by atoms with Crippen LogP contribution in [0.3, 0.4) is 0 Å². The first-order chi connectivity index (χ1) is 6.77. The van der Waals surface area contributed by atoms with Gasteiger partial charge in [-0.1, -0.05) is 12.1 Å². The van der Waals surface area contributed by atoms with Gasteiger partial charge in [0, 0.05) is 0 Å². The van der Waals surface area contributed by atoms with Gasteiger partial charge >= 0.3 is 5.97 Å². The quantitative estimate of drug-likeness (QED) is 0.735. The second-order valence-corrected chi connectivity index (χ2v) is 3.08. The molecule has 0 unspecified atom stereocenters. The van der Waals surface area contributed by atoms with Crippen molar-refractivity contribution in [2.24, 2.45) is 5.73 Å². The molecule has 0 aliphatic heterocycles. The first kappa shape index (κ1) is 10.7. The van der Waals surface area contributed by atoms with Gasteiger partial charge in [-0.25, -0.2) is 4.79 Å². The van der Waals surface area contributed by atoms with E-state index in [0.717, 1.165) is 18.4 Å². The SMILES string of the molecule is COC(=O)c1cccc(CCCN)c1. The van der Waals surface area contributed by atoms with E-state index in [1.807, 2.05) is 18.2 Å². The molecule has 76 valence electrons. The Morgan fingerprint density at radius 1 is 1.50 bits per heavy atom. The Labute approximate surface area is 83.9 Å². The molecule has 0 heterocycles. The molecule has 0 radical (unpaired) electrons. The van der Waals surface area contributed by atoms with Gasteiger partial charge in [-0.05, 0) is 37.1 Å². The van der Waals surface area contributed by atoms with Gasteiger partial charge in [-0.3, -0.25) is 0 Å². The number of rotatable bonds is 4. The molecule has 0 saturated carbocycles. The van der Waals surface area contributed by atoms with Crippen LogP contribution in [0, 0.1) is 0 Å². The van der Waals surface area contributed by atoms with Gasteiger partial charge in [0.15, 0.2) is 0 Å². The van der Waals surface area contributed by atoms with E-state index < -0.39 is 0 Å². The highest BCUT2D eigenvalue weighted by atomic mass is 16.5. The third-order valence-corrected chi connectivity index (χ3v) is 2.02. The van der Waals surface area contributed by atoms with Crippen LogP contribution in [0.2, 0.25) is 0 Å². The summed E-state index contributed by atoms with van der Waals surface area (Å²) >= 11 is 0. The van der Waals surface area contributed by atoms with E-state index in [9.17, 15) is 4.79 Å². The standard InChI is InChI=1S/C11H15NO2/c1-14-11(13)10-6-2-4-9(8-10)5-3-7-12/h2,4,6,8H,3,5,7,12H2,1H3.